The van der Waals surface area contributed by atoms with Crippen LogP contribution in [0.15, 0.2) is 0 Å². The van der Waals surface area contributed by atoms with Crippen LogP contribution in [0.25, 0.3) is 0 Å². The molecule has 7 fully saturated rings. The smallest absolute Gasteiger partial charge is 0.313 e. The second-order valence-corrected chi connectivity index (χ2v) is 24.2. The predicted octanol–water partition coefficient (Wildman–Crippen LogP) is 15.5. The van der Waals surface area contributed by atoms with Gasteiger partial charge >= 0.3 is 60.2 Å². The summed E-state index contributed by atoms with van der Waals surface area (Å²) < 4.78 is 111. The molecule has 434 valence electrons. The van der Waals surface area contributed by atoms with E-state index in [0.29, 0.717) is 59.5 Å². The van der Waals surface area contributed by atoms with Crippen LogP contribution in [0.3, 0.4) is 0 Å². The van der Waals surface area contributed by atoms with Gasteiger partial charge in [0.25, 0.3) is 0 Å². The lowest BCUT2D eigenvalue weighted by molar-refractivity contribution is 0.0332. The zero-order chi connectivity index (χ0) is 53.3. The summed E-state index contributed by atoms with van der Waals surface area (Å²) >= 11 is 0. The van der Waals surface area contributed by atoms with Gasteiger partial charge in [-0.3, -0.25) is 0 Å². The molecule has 7 aliphatic heterocycles. The molecule has 7 rings (SSSR count). The first-order chi connectivity index (χ1) is 33.8. The van der Waals surface area contributed by atoms with Crippen LogP contribution in [0.5, 0.6) is 0 Å². The van der Waals surface area contributed by atoms with Gasteiger partial charge in [0.15, 0.2) is 0 Å². The average Bonchev–Trinajstić information content (AvgIpc) is 4.07. The Bertz CT molecular complexity index is 1070. The third kappa shape index (κ3) is 35.0. The highest BCUT2D eigenvalue weighted by Crippen LogP contribution is 2.52. The van der Waals surface area contributed by atoms with E-state index in [1.54, 1.807) is 0 Å². The maximum atomic E-state index is 5.42. The van der Waals surface area contributed by atoms with E-state index in [2.05, 4.69) is 0 Å². The molecule has 0 aromatic heterocycles. The summed E-state index contributed by atoms with van der Waals surface area (Å²) in [5, 5.41) is 0. The predicted molar refractivity (Wildman–Crippen MR) is 289 cm³/mol. The van der Waals surface area contributed by atoms with Crippen LogP contribution in [-0.4, -0.2) is 133 Å². The largest absolute Gasteiger partial charge is 0.333 e. The van der Waals surface area contributed by atoms with Crippen LogP contribution in [0.4, 0.5) is 0 Å². The maximum absolute atomic E-state index is 5.42. The Morgan fingerprint density at radius 1 is 0.264 bits per heavy atom. The molecule has 4 unspecified atom stereocenters. The third-order valence-corrected chi connectivity index (χ3v) is 19.5. The van der Waals surface area contributed by atoms with Crippen molar-refractivity contribution in [2.24, 2.45) is 0 Å². The molecule has 72 heavy (non-hydrogen) atoms. The Balaban J connectivity index is 0.000000816. The number of rotatable bonds is 14. The maximum Gasteiger partial charge on any atom is 0.333 e. The lowest BCUT2D eigenvalue weighted by Crippen LogP contribution is -2.22. The SMILES string of the molecule is C.CCOP1OC(C)C(C)O1.CCOP1OC(C)CC(C)O1.CCOP1OCCO1.CCOP1O[C@@H](C)C[C@H](C)O1.CCOP1O[C@@H](C)[C@H](C)O1.CCOP1O[C@H](C)C[C@@H](C)O1.CCOP1O[C@H](C)[C@@H](C)O1. The summed E-state index contributed by atoms with van der Waals surface area (Å²) in [5.74, 6) is 0. The van der Waals surface area contributed by atoms with Crippen LogP contribution in [0.2, 0.25) is 0 Å². The van der Waals surface area contributed by atoms with Crippen molar-refractivity contribution in [2.75, 3.05) is 59.5 Å². The van der Waals surface area contributed by atoms with Gasteiger partial charge in [0.05, 0.1) is 133 Å². The number of hydrogen-bond acceptors (Lipinski definition) is 21. The molecule has 0 aromatic carbocycles. The van der Waals surface area contributed by atoms with Crippen molar-refractivity contribution in [3.8, 4) is 0 Å². The Morgan fingerprint density at radius 2 is 0.417 bits per heavy atom. The Kier molecular flexibility index (Phi) is 46.2. The zero-order valence-corrected chi connectivity index (χ0v) is 52.4. The van der Waals surface area contributed by atoms with Crippen molar-refractivity contribution in [1.29, 1.82) is 0 Å². The second kappa shape index (κ2) is 44.9. The lowest BCUT2D eigenvalue weighted by atomic mass is 10.2. The van der Waals surface area contributed by atoms with E-state index in [1.807, 2.05) is 132 Å². The van der Waals surface area contributed by atoms with Crippen LogP contribution in [0.1, 0.15) is 158 Å². The van der Waals surface area contributed by atoms with Crippen LogP contribution in [0, 0.1) is 0 Å². The molecule has 0 amide bonds. The molecule has 0 aliphatic carbocycles. The monoisotopic (exact) mass is 1180 g/mol. The minimum Gasteiger partial charge on any atom is -0.313 e. The molecule has 0 saturated carbocycles. The molecule has 12 atom stereocenters. The van der Waals surface area contributed by atoms with E-state index in [4.69, 9.17) is 95.0 Å². The van der Waals surface area contributed by atoms with Gasteiger partial charge in [-0.25, -0.2) is 0 Å². The normalized spacial score (nSPS) is 35.7. The van der Waals surface area contributed by atoms with Gasteiger partial charge < -0.3 is 95.0 Å². The quantitative estimate of drug-likeness (QED) is 0.149. The summed E-state index contributed by atoms with van der Waals surface area (Å²) in [6, 6.07) is 0. The molecule has 0 aromatic rings. The Labute approximate surface area is 444 Å². The first kappa shape index (κ1) is 74.2. The Morgan fingerprint density at radius 3 is 0.583 bits per heavy atom. The van der Waals surface area contributed by atoms with Crippen molar-refractivity contribution in [3.63, 3.8) is 0 Å². The van der Waals surface area contributed by atoms with Gasteiger partial charge in [-0.15, -0.1) is 0 Å². The minimum absolute atomic E-state index is 0. The fourth-order valence-corrected chi connectivity index (χ4v) is 13.6. The first-order valence-electron chi connectivity index (χ1n) is 25.1. The second-order valence-electron chi connectivity index (χ2n) is 16.2. The van der Waals surface area contributed by atoms with Crippen molar-refractivity contribution in [3.05, 3.63) is 0 Å². The summed E-state index contributed by atoms with van der Waals surface area (Å²) in [5.41, 5.74) is 0. The fraction of sp³-hybridized carbons (Fsp3) is 1.00. The molecule has 0 radical (unpaired) electrons. The average molecular weight is 1180 g/mol. The topological polar surface area (TPSA) is 194 Å². The molecule has 7 heterocycles. The van der Waals surface area contributed by atoms with Crippen molar-refractivity contribution in [2.45, 2.75) is 231 Å². The molecule has 21 nitrogen and oxygen atoms in total. The highest BCUT2D eigenvalue weighted by atomic mass is 31.2. The molecule has 28 heteroatoms. The van der Waals surface area contributed by atoms with Crippen molar-refractivity contribution < 1.29 is 95.0 Å². The van der Waals surface area contributed by atoms with E-state index in [9.17, 15) is 0 Å². The van der Waals surface area contributed by atoms with E-state index < -0.39 is 60.2 Å². The van der Waals surface area contributed by atoms with Gasteiger partial charge in [-0.05, 0) is 132 Å². The van der Waals surface area contributed by atoms with Crippen LogP contribution < -0.4 is 0 Å². The molecular formula is C44H97O21P7. The van der Waals surface area contributed by atoms with E-state index in [0.717, 1.165) is 19.3 Å². The van der Waals surface area contributed by atoms with Gasteiger partial charge in [0.2, 0.25) is 0 Å². The van der Waals surface area contributed by atoms with Crippen LogP contribution >= 0.6 is 60.2 Å². The fourth-order valence-electron chi connectivity index (χ4n) is 5.46. The molecular weight excluding hydrogens is 1080 g/mol. The van der Waals surface area contributed by atoms with Gasteiger partial charge in [0.1, 0.15) is 0 Å². The molecule has 7 aliphatic rings. The standard InChI is InChI=1S/3C7H15O3P.3C6H13O3P.C4H9O3P.CH4/c3*1-4-8-11-9-6(2)5-7(3)10-11;3*1-4-7-10-8-5(2)6(3)9-10;1-2-5-8-6-3-4-7-8;/h3*6-7H,4-5H2,1-3H3;3*5-6H,4H2,1-3H3;2-4H2,1H3;1H4/t2*6-,7-;;2*5-,6-;;;/m10.10.../s1. The minimum atomic E-state index is -1.05. The summed E-state index contributed by atoms with van der Waals surface area (Å²) in [6.07, 6.45) is 5.61. The lowest BCUT2D eigenvalue weighted by Gasteiger charge is -2.29. The molecule has 0 bridgehead atoms. The molecule has 7 saturated heterocycles. The van der Waals surface area contributed by atoms with Gasteiger partial charge in [-0.2, -0.15) is 0 Å². The highest BCUT2D eigenvalue weighted by molar-refractivity contribution is 7.43. The van der Waals surface area contributed by atoms with E-state index in [1.165, 1.54) is 0 Å². The van der Waals surface area contributed by atoms with Gasteiger partial charge in [-0.1, -0.05) is 7.43 Å². The molecule has 0 spiro atoms. The number of hydrogen-bond donors (Lipinski definition) is 0. The Hall–Kier alpha value is 2.17. The third-order valence-electron chi connectivity index (χ3n) is 9.20. The highest BCUT2D eigenvalue weighted by Gasteiger charge is 2.34. The van der Waals surface area contributed by atoms with Crippen LogP contribution in [-0.2, 0) is 95.0 Å². The van der Waals surface area contributed by atoms with Crippen molar-refractivity contribution in [1.82, 2.24) is 0 Å². The molecule has 0 N–H and O–H groups in total. The van der Waals surface area contributed by atoms with E-state index >= 15 is 0 Å². The summed E-state index contributed by atoms with van der Waals surface area (Å²) in [6.45, 7) is 43.8. The first-order valence-corrected chi connectivity index (χ1v) is 32.8. The summed E-state index contributed by atoms with van der Waals surface area (Å²) in [4.78, 5) is 0. The summed E-state index contributed by atoms with van der Waals surface area (Å²) in [7, 11) is -7.17. The van der Waals surface area contributed by atoms with Crippen molar-refractivity contribution >= 4 is 60.2 Å². The van der Waals surface area contributed by atoms with E-state index in [-0.39, 0.29) is 80.7 Å². The van der Waals surface area contributed by atoms with Gasteiger partial charge in [0, 0.05) is 19.3 Å². The zero-order valence-electron chi connectivity index (χ0n) is 46.1.